The van der Waals surface area contributed by atoms with Gasteiger partial charge in [-0.15, -0.1) is 0 Å². The summed E-state index contributed by atoms with van der Waals surface area (Å²) in [4.78, 5) is 11.6. The standard InChI is InChI=1S/C18H28O5/c1-3-23-18(21)12-11-15-14(8-7-10-17(15)22-2)16(20)9-5-4-6-13-19/h7-8,10,16,19-20H,3-6,9,11-13H2,1-2H3. The second kappa shape index (κ2) is 11.0. The van der Waals surface area contributed by atoms with Gasteiger partial charge in [-0.1, -0.05) is 25.0 Å². The Morgan fingerprint density at radius 3 is 2.70 bits per heavy atom. The second-order valence-electron chi connectivity index (χ2n) is 5.42. The largest absolute Gasteiger partial charge is 0.496 e. The van der Waals surface area contributed by atoms with Crippen LogP contribution in [0.3, 0.4) is 0 Å². The molecule has 1 atom stereocenters. The van der Waals surface area contributed by atoms with Crippen molar-refractivity contribution in [2.24, 2.45) is 0 Å². The fourth-order valence-electron chi connectivity index (χ4n) is 2.60. The van der Waals surface area contributed by atoms with Gasteiger partial charge in [-0.25, -0.2) is 0 Å². The van der Waals surface area contributed by atoms with E-state index in [0.717, 1.165) is 30.4 Å². The molecule has 0 fully saturated rings. The Bertz CT molecular complexity index is 472. The predicted molar refractivity (Wildman–Crippen MR) is 88.5 cm³/mol. The highest BCUT2D eigenvalue weighted by atomic mass is 16.5. The van der Waals surface area contributed by atoms with Crippen molar-refractivity contribution in [3.8, 4) is 5.75 Å². The zero-order valence-electron chi connectivity index (χ0n) is 14.1. The van der Waals surface area contributed by atoms with Crippen molar-refractivity contribution >= 4 is 5.97 Å². The number of esters is 1. The molecule has 1 unspecified atom stereocenters. The summed E-state index contributed by atoms with van der Waals surface area (Å²) in [6, 6.07) is 5.56. The Morgan fingerprint density at radius 2 is 2.04 bits per heavy atom. The molecule has 0 radical (unpaired) electrons. The zero-order chi connectivity index (χ0) is 17.1. The lowest BCUT2D eigenvalue weighted by molar-refractivity contribution is -0.143. The van der Waals surface area contributed by atoms with Gasteiger partial charge in [0.15, 0.2) is 0 Å². The third kappa shape index (κ3) is 6.59. The molecule has 0 saturated heterocycles. The van der Waals surface area contributed by atoms with Crippen molar-refractivity contribution in [1.82, 2.24) is 0 Å². The lowest BCUT2D eigenvalue weighted by atomic mass is 9.94. The fourth-order valence-corrected chi connectivity index (χ4v) is 2.60. The number of aliphatic hydroxyl groups excluding tert-OH is 2. The molecule has 0 heterocycles. The van der Waals surface area contributed by atoms with Gasteiger partial charge in [-0.3, -0.25) is 4.79 Å². The van der Waals surface area contributed by atoms with Crippen LogP contribution in [0.25, 0.3) is 0 Å². The van der Waals surface area contributed by atoms with E-state index in [2.05, 4.69) is 0 Å². The molecule has 1 aromatic carbocycles. The Balaban J connectivity index is 2.78. The van der Waals surface area contributed by atoms with Crippen LogP contribution >= 0.6 is 0 Å². The van der Waals surface area contributed by atoms with Crippen molar-refractivity contribution in [3.63, 3.8) is 0 Å². The van der Waals surface area contributed by atoms with Crippen molar-refractivity contribution in [2.75, 3.05) is 20.3 Å². The summed E-state index contributed by atoms with van der Waals surface area (Å²) in [7, 11) is 1.58. The number of hydrogen-bond donors (Lipinski definition) is 2. The zero-order valence-corrected chi connectivity index (χ0v) is 14.1. The van der Waals surface area contributed by atoms with Gasteiger partial charge >= 0.3 is 5.97 Å². The minimum Gasteiger partial charge on any atom is -0.496 e. The summed E-state index contributed by atoms with van der Waals surface area (Å²) in [6.45, 7) is 2.33. The highest BCUT2D eigenvalue weighted by Gasteiger charge is 2.17. The van der Waals surface area contributed by atoms with E-state index in [1.807, 2.05) is 18.2 Å². The highest BCUT2D eigenvalue weighted by molar-refractivity contribution is 5.70. The Kier molecular flexibility index (Phi) is 9.33. The lowest BCUT2D eigenvalue weighted by Gasteiger charge is -2.18. The molecule has 2 N–H and O–H groups in total. The summed E-state index contributed by atoms with van der Waals surface area (Å²) in [5.74, 6) is 0.433. The SMILES string of the molecule is CCOC(=O)CCc1c(OC)cccc1C(O)CCCCCO. The fraction of sp³-hybridized carbons (Fsp3) is 0.611. The number of methoxy groups -OCH3 is 1. The van der Waals surface area contributed by atoms with Gasteiger partial charge in [0.1, 0.15) is 5.75 Å². The van der Waals surface area contributed by atoms with E-state index in [0.29, 0.717) is 25.2 Å². The third-order valence-corrected chi connectivity index (χ3v) is 3.77. The molecular weight excluding hydrogens is 296 g/mol. The number of aliphatic hydroxyl groups is 2. The van der Waals surface area contributed by atoms with Gasteiger partial charge in [-0.05, 0) is 37.8 Å². The molecule has 23 heavy (non-hydrogen) atoms. The minimum absolute atomic E-state index is 0.181. The topological polar surface area (TPSA) is 76.0 Å². The maximum Gasteiger partial charge on any atom is 0.306 e. The van der Waals surface area contributed by atoms with Crippen molar-refractivity contribution in [3.05, 3.63) is 29.3 Å². The van der Waals surface area contributed by atoms with Crippen molar-refractivity contribution in [1.29, 1.82) is 0 Å². The van der Waals surface area contributed by atoms with E-state index in [1.54, 1.807) is 14.0 Å². The molecule has 5 nitrogen and oxygen atoms in total. The van der Waals surface area contributed by atoms with Crippen molar-refractivity contribution < 1.29 is 24.5 Å². The molecule has 0 aromatic heterocycles. The number of benzene rings is 1. The van der Waals surface area contributed by atoms with Gasteiger partial charge in [0.25, 0.3) is 0 Å². The third-order valence-electron chi connectivity index (χ3n) is 3.77. The van der Waals surface area contributed by atoms with Gasteiger partial charge < -0.3 is 19.7 Å². The Hall–Kier alpha value is -1.59. The van der Waals surface area contributed by atoms with Crippen LogP contribution in [0.2, 0.25) is 0 Å². The molecule has 1 rings (SSSR count). The van der Waals surface area contributed by atoms with Gasteiger partial charge in [0, 0.05) is 18.6 Å². The molecule has 5 heteroatoms. The average Bonchev–Trinajstić information content (AvgIpc) is 2.56. The van der Waals surface area contributed by atoms with Crippen LogP contribution < -0.4 is 4.74 Å². The molecular formula is C18H28O5. The van der Waals surface area contributed by atoms with Gasteiger partial charge in [0.05, 0.1) is 19.8 Å². The van der Waals surface area contributed by atoms with Crippen LogP contribution in [0.5, 0.6) is 5.75 Å². The van der Waals surface area contributed by atoms with E-state index in [4.69, 9.17) is 14.6 Å². The number of unbranched alkanes of at least 4 members (excludes halogenated alkanes) is 2. The number of ether oxygens (including phenoxy) is 2. The molecule has 0 amide bonds. The number of carbonyl (C=O) groups excluding carboxylic acids is 1. The maximum absolute atomic E-state index is 11.6. The molecule has 0 aliphatic carbocycles. The first kappa shape index (κ1) is 19.5. The number of hydrogen-bond acceptors (Lipinski definition) is 5. The predicted octanol–water partition coefficient (Wildman–Crippen LogP) is 2.78. The van der Waals surface area contributed by atoms with Crippen LogP contribution in [0.1, 0.15) is 56.3 Å². The Morgan fingerprint density at radius 1 is 1.26 bits per heavy atom. The van der Waals surface area contributed by atoms with Gasteiger partial charge in [-0.2, -0.15) is 0 Å². The minimum atomic E-state index is -0.596. The first-order valence-electron chi connectivity index (χ1n) is 8.24. The van der Waals surface area contributed by atoms with Crippen LogP contribution in [0.4, 0.5) is 0 Å². The summed E-state index contributed by atoms with van der Waals surface area (Å²) >= 11 is 0. The van der Waals surface area contributed by atoms with Gasteiger partial charge in [0.2, 0.25) is 0 Å². The van der Waals surface area contributed by atoms with E-state index >= 15 is 0 Å². The van der Waals surface area contributed by atoms with Crippen molar-refractivity contribution in [2.45, 2.75) is 51.6 Å². The molecule has 0 aliphatic rings. The summed E-state index contributed by atoms with van der Waals surface area (Å²) in [6.07, 6.45) is 3.25. The summed E-state index contributed by atoms with van der Waals surface area (Å²) in [5.41, 5.74) is 1.66. The van der Waals surface area contributed by atoms with Crippen LogP contribution in [-0.4, -0.2) is 36.5 Å². The van der Waals surface area contributed by atoms with Crippen LogP contribution in [0, 0.1) is 0 Å². The smallest absolute Gasteiger partial charge is 0.306 e. The highest BCUT2D eigenvalue weighted by Crippen LogP contribution is 2.30. The van der Waals surface area contributed by atoms with E-state index in [9.17, 15) is 9.90 Å². The second-order valence-corrected chi connectivity index (χ2v) is 5.42. The molecule has 0 aliphatic heterocycles. The normalized spacial score (nSPS) is 12.0. The number of carbonyl (C=O) groups is 1. The summed E-state index contributed by atoms with van der Waals surface area (Å²) < 4.78 is 10.3. The maximum atomic E-state index is 11.6. The Labute approximate surface area is 138 Å². The molecule has 1 aromatic rings. The molecule has 0 spiro atoms. The quantitative estimate of drug-likeness (QED) is 0.483. The monoisotopic (exact) mass is 324 g/mol. The molecule has 0 saturated carbocycles. The average molecular weight is 324 g/mol. The first-order chi connectivity index (χ1) is 11.1. The lowest BCUT2D eigenvalue weighted by Crippen LogP contribution is -2.09. The molecule has 0 bridgehead atoms. The first-order valence-corrected chi connectivity index (χ1v) is 8.24. The van der Waals surface area contributed by atoms with Crippen LogP contribution in [0.15, 0.2) is 18.2 Å². The van der Waals surface area contributed by atoms with E-state index in [-0.39, 0.29) is 19.0 Å². The number of rotatable bonds is 11. The van der Waals surface area contributed by atoms with E-state index < -0.39 is 6.10 Å². The van der Waals surface area contributed by atoms with Crippen LogP contribution in [-0.2, 0) is 16.0 Å². The van der Waals surface area contributed by atoms with E-state index in [1.165, 1.54) is 0 Å². The summed E-state index contributed by atoms with van der Waals surface area (Å²) in [5, 5.41) is 19.3. The molecule has 130 valence electrons.